The molecule has 0 aliphatic carbocycles. The zero-order valence-corrected chi connectivity index (χ0v) is 10.8. The fourth-order valence-electron chi connectivity index (χ4n) is 1.43. The van der Waals surface area contributed by atoms with E-state index in [-0.39, 0.29) is 0 Å². The molecule has 0 fully saturated rings. The van der Waals surface area contributed by atoms with Crippen LogP contribution in [0.5, 0.6) is 5.75 Å². The highest BCUT2D eigenvalue weighted by atomic mass is 35.5. The van der Waals surface area contributed by atoms with Gasteiger partial charge in [0, 0.05) is 19.1 Å². The van der Waals surface area contributed by atoms with Crippen molar-refractivity contribution in [3.63, 3.8) is 0 Å². The van der Waals surface area contributed by atoms with Crippen LogP contribution < -0.4 is 10.5 Å². The summed E-state index contributed by atoms with van der Waals surface area (Å²) in [5.41, 5.74) is 6.78. The third kappa shape index (κ3) is 3.37. The van der Waals surface area contributed by atoms with Crippen molar-refractivity contribution >= 4 is 11.6 Å². The second-order valence-corrected chi connectivity index (χ2v) is 4.38. The van der Waals surface area contributed by atoms with Crippen LogP contribution in [-0.4, -0.2) is 31.6 Å². The lowest BCUT2D eigenvalue weighted by atomic mass is 10.2. The van der Waals surface area contributed by atoms with E-state index in [0.29, 0.717) is 23.4 Å². The van der Waals surface area contributed by atoms with Gasteiger partial charge in [-0.25, -0.2) is 0 Å². The third-order valence-corrected chi connectivity index (χ3v) is 3.04. The minimum atomic E-state index is 0.362. The lowest BCUT2D eigenvalue weighted by molar-refractivity contribution is 0.254. The molecule has 0 heterocycles. The zero-order valence-electron chi connectivity index (χ0n) is 10.0. The maximum absolute atomic E-state index is 6.06. The van der Waals surface area contributed by atoms with Gasteiger partial charge in [0.05, 0.1) is 12.1 Å². The second-order valence-electron chi connectivity index (χ2n) is 3.97. The Kier molecular flexibility index (Phi) is 5.06. The number of rotatable bonds is 5. The average Bonchev–Trinajstić information content (AvgIpc) is 2.28. The lowest BCUT2D eigenvalue weighted by Crippen LogP contribution is -2.34. The highest BCUT2D eigenvalue weighted by Gasteiger charge is 2.09. The fraction of sp³-hybridized carbons (Fsp3) is 0.500. The first-order valence-corrected chi connectivity index (χ1v) is 5.69. The Bertz CT molecular complexity index is 344. The van der Waals surface area contributed by atoms with Gasteiger partial charge in [0.15, 0.2) is 0 Å². The van der Waals surface area contributed by atoms with Crippen LogP contribution in [0.3, 0.4) is 0 Å². The van der Waals surface area contributed by atoms with E-state index in [4.69, 9.17) is 22.1 Å². The second kappa shape index (κ2) is 6.09. The number of halogens is 1. The molecule has 90 valence electrons. The molecule has 0 saturated heterocycles. The molecule has 0 amide bonds. The van der Waals surface area contributed by atoms with E-state index < -0.39 is 0 Å². The summed E-state index contributed by atoms with van der Waals surface area (Å²) in [4.78, 5) is 2.19. The van der Waals surface area contributed by atoms with E-state index in [0.717, 1.165) is 12.1 Å². The Hall–Kier alpha value is -0.770. The minimum Gasteiger partial charge on any atom is -0.495 e. The maximum Gasteiger partial charge on any atom is 0.137 e. The van der Waals surface area contributed by atoms with Crippen LogP contribution in [0.2, 0.25) is 5.02 Å². The van der Waals surface area contributed by atoms with Crippen molar-refractivity contribution in [2.24, 2.45) is 5.73 Å². The summed E-state index contributed by atoms with van der Waals surface area (Å²) in [6.45, 7) is 3.59. The molecule has 0 aliphatic rings. The number of methoxy groups -OCH3 is 1. The van der Waals surface area contributed by atoms with Crippen LogP contribution in [-0.2, 0) is 6.54 Å². The highest BCUT2D eigenvalue weighted by Crippen LogP contribution is 2.25. The van der Waals surface area contributed by atoms with Crippen LogP contribution >= 0.6 is 11.6 Å². The Morgan fingerprint density at radius 2 is 2.19 bits per heavy atom. The molecule has 1 aromatic carbocycles. The van der Waals surface area contributed by atoms with Gasteiger partial charge < -0.3 is 10.5 Å². The molecular formula is C12H19ClN2O. The van der Waals surface area contributed by atoms with Crippen LogP contribution in [0, 0.1) is 0 Å². The van der Waals surface area contributed by atoms with Crippen molar-refractivity contribution in [2.45, 2.75) is 19.5 Å². The monoisotopic (exact) mass is 242 g/mol. The van der Waals surface area contributed by atoms with Crippen LogP contribution in [0.4, 0.5) is 0 Å². The summed E-state index contributed by atoms with van der Waals surface area (Å²) < 4.78 is 5.11. The van der Waals surface area contributed by atoms with Crippen LogP contribution in [0.25, 0.3) is 0 Å². The molecule has 1 unspecified atom stereocenters. The third-order valence-electron chi connectivity index (χ3n) is 2.74. The number of benzene rings is 1. The van der Waals surface area contributed by atoms with E-state index in [1.807, 2.05) is 18.2 Å². The molecule has 2 N–H and O–H groups in total. The number of hydrogen-bond donors (Lipinski definition) is 1. The maximum atomic E-state index is 6.06. The predicted molar refractivity (Wildman–Crippen MR) is 68.0 cm³/mol. The average molecular weight is 243 g/mol. The fourth-order valence-corrected chi connectivity index (χ4v) is 1.71. The molecule has 0 aliphatic heterocycles. The topological polar surface area (TPSA) is 38.5 Å². The Morgan fingerprint density at radius 3 is 2.69 bits per heavy atom. The molecule has 1 atom stereocenters. The molecular weight excluding hydrogens is 224 g/mol. The van der Waals surface area contributed by atoms with Crippen molar-refractivity contribution in [2.75, 3.05) is 20.7 Å². The van der Waals surface area contributed by atoms with Gasteiger partial charge >= 0.3 is 0 Å². The van der Waals surface area contributed by atoms with Gasteiger partial charge in [-0.3, -0.25) is 4.90 Å². The SMILES string of the molecule is COc1ccc(CN(C)C(C)CN)cc1Cl. The summed E-state index contributed by atoms with van der Waals surface area (Å²) in [7, 11) is 3.67. The summed E-state index contributed by atoms with van der Waals surface area (Å²) in [5.74, 6) is 0.708. The molecule has 0 radical (unpaired) electrons. The molecule has 0 aromatic heterocycles. The first-order chi connectivity index (χ1) is 7.58. The lowest BCUT2D eigenvalue weighted by Gasteiger charge is -2.23. The number of hydrogen-bond acceptors (Lipinski definition) is 3. The van der Waals surface area contributed by atoms with E-state index in [2.05, 4.69) is 18.9 Å². The Labute approximate surface area is 102 Å². The van der Waals surface area contributed by atoms with Crippen molar-refractivity contribution in [1.82, 2.24) is 4.90 Å². The van der Waals surface area contributed by atoms with Gasteiger partial charge in [-0.15, -0.1) is 0 Å². The van der Waals surface area contributed by atoms with Gasteiger partial charge in [0.25, 0.3) is 0 Å². The van der Waals surface area contributed by atoms with Crippen molar-refractivity contribution in [3.8, 4) is 5.75 Å². The summed E-state index contributed by atoms with van der Waals surface area (Å²) in [6, 6.07) is 6.20. The number of likely N-dealkylation sites (N-methyl/N-ethyl adjacent to an activating group) is 1. The van der Waals surface area contributed by atoms with Gasteiger partial charge in [-0.05, 0) is 31.7 Å². The summed E-state index contributed by atoms with van der Waals surface area (Å²) in [5, 5.41) is 0.647. The van der Waals surface area contributed by atoms with Crippen LogP contribution in [0.15, 0.2) is 18.2 Å². The minimum absolute atomic E-state index is 0.362. The van der Waals surface area contributed by atoms with Gasteiger partial charge in [0.1, 0.15) is 5.75 Å². The number of nitrogens with two attached hydrogens (primary N) is 1. The quantitative estimate of drug-likeness (QED) is 0.860. The zero-order chi connectivity index (χ0) is 12.1. The van der Waals surface area contributed by atoms with E-state index in [1.165, 1.54) is 0 Å². The molecule has 0 spiro atoms. The van der Waals surface area contributed by atoms with Crippen molar-refractivity contribution in [3.05, 3.63) is 28.8 Å². The Morgan fingerprint density at radius 1 is 1.50 bits per heavy atom. The van der Waals surface area contributed by atoms with E-state index in [9.17, 15) is 0 Å². The first kappa shape index (κ1) is 13.3. The normalized spacial score (nSPS) is 12.9. The number of ether oxygens (including phenoxy) is 1. The standard InChI is InChI=1S/C12H19ClN2O/c1-9(7-14)15(2)8-10-4-5-12(16-3)11(13)6-10/h4-6,9H,7-8,14H2,1-3H3. The molecule has 0 bridgehead atoms. The largest absolute Gasteiger partial charge is 0.495 e. The molecule has 16 heavy (non-hydrogen) atoms. The molecule has 3 nitrogen and oxygen atoms in total. The molecule has 1 aromatic rings. The van der Waals surface area contributed by atoms with Crippen LogP contribution in [0.1, 0.15) is 12.5 Å². The molecule has 1 rings (SSSR count). The van der Waals surface area contributed by atoms with E-state index in [1.54, 1.807) is 7.11 Å². The van der Waals surface area contributed by atoms with Crippen molar-refractivity contribution in [1.29, 1.82) is 0 Å². The van der Waals surface area contributed by atoms with E-state index >= 15 is 0 Å². The Balaban J connectivity index is 2.71. The van der Waals surface area contributed by atoms with Gasteiger partial charge in [0.2, 0.25) is 0 Å². The predicted octanol–water partition coefficient (Wildman–Crippen LogP) is 2.13. The number of nitrogens with zero attached hydrogens (tertiary/aromatic N) is 1. The molecule has 4 heteroatoms. The first-order valence-electron chi connectivity index (χ1n) is 5.31. The summed E-state index contributed by atoms with van der Waals surface area (Å²) >= 11 is 6.06. The summed E-state index contributed by atoms with van der Waals surface area (Å²) in [6.07, 6.45) is 0. The van der Waals surface area contributed by atoms with Gasteiger partial charge in [-0.2, -0.15) is 0 Å². The smallest absolute Gasteiger partial charge is 0.137 e. The van der Waals surface area contributed by atoms with Gasteiger partial charge in [-0.1, -0.05) is 17.7 Å². The highest BCUT2D eigenvalue weighted by molar-refractivity contribution is 6.32. The van der Waals surface area contributed by atoms with Crippen molar-refractivity contribution < 1.29 is 4.74 Å². The molecule has 0 saturated carbocycles.